The molecule has 0 aliphatic rings. The van der Waals surface area contributed by atoms with Gasteiger partial charge in [0.1, 0.15) is 28.6 Å². The zero-order valence-corrected chi connectivity index (χ0v) is 21.6. The second-order valence-corrected chi connectivity index (χ2v) is 8.30. The van der Waals surface area contributed by atoms with Crippen molar-refractivity contribution in [1.82, 2.24) is 14.5 Å². The van der Waals surface area contributed by atoms with Crippen molar-refractivity contribution in [1.29, 1.82) is 0 Å². The van der Waals surface area contributed by atoms with E-state index < -0.39 is 5.56 Å². The first-order chi connectivity index (χ1) is 17.4. The summed E-state index contributed by atoms with van der Waals surface area (Å²) in [6.45, 7) is 6.03. The van der Waals surface area contributed by atoms with E-state index in [4.69, 9.17) is 14.2 Å². The quantitative estimate of drug-likeness (QED) is 0.233. The van der Waals surface area contributed by atoms with E-state index in [1.165, 1.54) is 7.05 Å². The second kappa shape index (κ2) is 12.1. The molecule has 9 heteroatoms. The summed E-state index contributed by atoms with van der Waals surface area (Å²) in [4.78, 5) is 24.6. The number of rotatable bonds is 11. The molecule has 1 aromatic carbocycles. The largest absolute Gasteiger partial charge is 0.506 e. The lowest BCUT2D eigenvalue weighted by Crippen LogP contribution is -2.23. The van der Waals surface area contributed by atoms with Crippen molar-refractivity contribution in [2.24, 2.45) is 12.0 Å². The zero-order chi connectivity index (χ0) is 26.2. The maximum Gasteiger partial charge on any atom is 0.264 e. The lowest BCUT2D eigenvalue weighted by Gasteiger charge is -2.20. The Morgan fingerprint density at radius 2 is 1.89 bits per heavy atom. The van der Waals surface area contributed by atoms with E-state index in [2.05, 4.69) is 28.5 Å². The number of nitrogens with one attached hydrogen (secondary N) is 1. The van der Waals surface area contributed by atoms with E-state index in [9.17, 15) is 9.90 Å². The fourth-order valence-corrected chi connectivity index (χ4v) is 4.03. The van der Waals surface area contributed by atoms with Gasteiger partial charge in [-0.15, -0.1) is 0 Å². The molecule has 0 spiro atoms. The van der Waals surface area contributed by atoms with Crippen LogP contribution in [0.1, 0.15) is 43.3 Å². The van der Waals surface area contributed by atoms with Gasteiger partial charge >= 0.3 is 0 Å². The first-order valence-corrected chi connectivity index (χ1v) is 11.8. The number of hydrogen-bond acceptors (Lipinski definition) is 7. The Hall–Kier alpha value is -4.01. The second-order valence-electron chi connectivity index (χ2n) is 8.30. The minimum atomic E-state index is -0.506. The number of allylic oxidation sites excluding steroid dienone is 1. The third kappa shape index (κ3) is 5.62. The van der Waals surface area contributed by atoms with Crippen molar-refractivity contribution < 1.29 is 19.3 Å². The molecule has 0 aliphatic carbocycles. The van der Waals surface area contributed by atoms with Crippen molar-refractivity contribution in [2.45, 2.75) is 39.0 Å². The molecular formula is C27H34N4O5. The minimum absolute atomic E-state index is 0.0317. The van der Waals surface area contributed by atoms with E-state index in [1.54, 1.807) is 38.6 Å². The van der Waals surface area contributed by atoms with Gasteiger partial charge in [-0.05, 0) is 25.0 Å². The average molecular weight is 495 g/mol. The molecule has 2 heterocycles. The summed E-state index contributed by atoms with van der Waals surface area (Å²) in [5, 5.41) is 11.5. The zero-order valence-electron chi connectivity index (χ0n) is 21.6. The fourth-order valence-electron chi connectivity index (χ4n) is 4.03. The summed E-state index contributed by atoms with van der Waals surface area (Å²) in [5.74, 6) is 1.97. The summed E-state index contributed by atoms with van der Waals surface area (Å²) >= 11 is 0. The van der Waals surface area contributed by atoms with Gasteiger partial charge in [0, 0.05) is 45.0 Å². The molecular weight excluding hydrogens is 460 g/mol. The highest BCUT2D eigenvalue weighted by Gasteiger charge is 2.27. The number of ether oxygens (including phenoxy) is 3. The molecule has 0 aliphatic heterocycles. The minimum Gasteiger partial charge on any atom is -0.506 e. The molecule has 0 unspecified atom stereocenters. The van der Waals surface area contributed by atoms with E-state index in [1.807, 2.05) is 17.8 Å². The number of hydrogen-bond donors (Lipinski definition) is 2. The SMILES string of the molecule is C=C(CCc1nccn1C)OC(=NC)c1c(O)c(-c2c(OC)cccc2OC)c(CCCC)[nH]c1=O. The van der Waals surface area contributed by atoms with E-state index in [-0.39, 0.29) is 17.2 Å². The third-order valence-corrected chi connectivity index (χ3v) is 5.93. The summed E-state index contributed by atoms with van der Waals surface area (Å²) < 4.78 is 19.0. The normalized spacial score (nSPS) is 11.4. The molecule has 0 amide bonds. The first-order valence-electron chi connectivity index (χ1n) is 11.8. The topological polar surface area (TPSA) is 111 Å². The number of imidazole rings is 1. The molecule has 2 N–H and O–H groups in total. The van der Waals surface area contributed by atoms with Crippen molar-refractivity contribution in [3.05, 3.63) is 70.4 Å². The Bertz CT molecular complexity index is 1280. The standard InChI is InChI=1S/C27H34N4O5/c1-7-8-10-18-22(23-19(34-5)11-9-12-20(23)35-6)25(32)24(26(33)30-18)27(28-3)36-17(2)13-14-21-29-15-16-31(21)4/h9,11-12,15-16H,2,7-8,10,13-14H2,1,3-6H3,(H2,30,32,33). The van der Waals surface area contributed by atoms with Gasteiger partial charge in [0.05, 0.1) is 31.1 Å². The summed E-state index contributed by atoms with van der Waals surface area (Å²) in [5.41, 5.74) is 0.936. The van der Waals surface area contributed by atoms with Gasteiger partial charge in [-0.25, -0.2) is 4.98 Å². The lowest BCUT2D eigenvalue weighted by atomic mass is 9.95. The molecule has 0 fully saturated rings. The van der Waals surface area contributed by atoms with Crippen LogP contribution >= 0.6 is 0 Å². The number of H-pyrrole nitrogens is 1. The molecule has 9 nitrogen and oxygen atoms in total. The van der Waals surface area contributed by atoms with Crippen LogP contribution in [0.15, 0.2) is 52.7 Å². The van der Waals surface area contributed by atoms with Gasteiger partial charge in [-0.1, -0.05) is 26.0 Å². The van der Waals surface area contributed by atoms with Crippen LogP contribution in [-0.2, 0) is 24.6 Å². The number of unbranched alkanes of at least 4 members (excludes halogenated alkanes) is 1. The van der Waals surface area contributed by atoms with Gasteiger partial charge < -0.3 is 28.9 Å². The van der Waals surface area contributed by atoms with Gasteiger partial charge in [0.2, 0.25) is 5.90 Å². The predicted octanol–water partition coefficient (Wildman–Crippen LogP) is 4.38. The molecule has 0 saturated heterocycles. The van der Waals surface area contributed by atoms with E-state index >= 15 is 0 Å². The molecule has 0 radical (unpaired) electrons. The van der Waals surface area contributed by atoms with Crippen LogP contribution < -0.4 is 15.0 Å². The van der Waals surface area contributed by atoms with Crippen molar-refractivity contribution in [3.63, 3.8) is 0 Å². The number of aromatic amines is 1. The molecule has 0 atom stereocenters. The molecule has 3 rings (SSSR count). The van der Waals surface area contributed by atoms with Crippen molar-refractivity contribution in [3.8, 4) is 28.4 Å². The van der Waals surface area contributed by atoms with Crippen LogP contribution in [0.5, 0.6) is 17.2 Å². The predicted molar refractivity (Wildman–Crippen MR) is 140 cm³/mol. The summed E-state index contributed by atoms with van der Waals surface area (Å²) in [6, 6.07) is 5.34. The Kier molecular flexibility index (Phi) is 8.94. The highest BCUT2D eigenvalue weighted by Crippen LogP contribution is 2.44. The molecule has 2 aromatic heterocycles. The number of methoxy groups -OCH3 is 2. The summed E-state index contributed by atoms with van der Waals surface area (Å²) in [6.07, 6.45) is 6.92. The van der Waals surface area contributed by atoms with Crippen LogP contribution in [0.2, 0.25) is 0 Å². The number of aliphatic imine (C=N–C) groups is 1. The van der Waals surface area contributed by atoms with Gasteiger partial charge in [-0.3, -0.25) is 9.79 Å². The van der Waals surface area contributed by atoms with Gasteiger partial charge in [-0.2, -0.15) is 0 Å². The van der Waals surface area contributed by atoms with E-state index in [0.29, 0.717) is 53.3 Å². The number of pyridine rings is 1. The average Bonchev–Trinajstić information content (AvgIpc) is 3.29. The highest BCUT2D eigenvalue weighted by molar-refractivity contribution is 6.00. The number of aromatic hydroxyl groups is 1. The van der Waals surface area contributed by atoms with Gasteiger partial charge in [0.15, 0.2) is 0 Å². The maximum absolute atomic E-state index is 13.2. The third-order valence-electron chi connectivity index (χ3n) is 5.93. The monoisotopic (exact) mass is 494 g/mol. The van der Waals surface area contributed by atoms with Crippen LogP contribution in [-0.4, -0.2) is 46.8 Å². The van der Waals surface area contributed by atoms with Crippen LogP contribution in [0.25, 0.3) is 11.1 Å². The fraction of sp³-hybridized carbons (Fsp3) is 0.370. The number of aryl methyl sites for hydroxylation is 3. The van der Waals surface area contributed by atoms with Crippen LogP contribution in [0.4, 0.5) is 0 Å². The van der Waals surface area contributed by atoms with Crippen LogP contribution in [0, 0.1) is 0 Å². The lowest BCUT2D eigenvalue weighted by molar-refractivity contribution is 0.388. The first kappa shape index (κ1) is 26.6. The maximum atomic E-state index is 13.2. The van der Waals surface area contributed by atoms with E-state index in [0.717, 1.165) is 18.7 Å². The number of aromatic nitrogens is 3. The Balaban J connectivity index is 2.08. The Morgan fingerprint density at radius 3 is 2.44 bits per heavy atom. The Labute approximate surface area is 211 Å². The number of benzene rings is 1. The van der Waals surface area contributed by atoms with Crippen molar-refractivity contribution in [2.75, 3.05) is 21.3 Å². The molecule has 3 aromatic rings. The molecule has 36 heavy (non-hydrogen) atoms. The smallest absolute Gasteiger partial charge is 0.264 e. The molecule has 0 bridgehead atoms. The van der Waals surface area contributed by atoms with Crippen LogP contribution in [0.3, 0.4) is 0 Å². The van der Waals surface area contributed by atoms with Gasteiger partial charge in [0.25, 0.3) is 5.56 Å². The van der Waals surface area contributed by atoms with Crippen molar-refractivity contribution >= 4 is 5.90 Å². The highest BCUT2D eigenvalue weighted by atomic mass is 16.5. The Morgan fingerprint density at radius 1 is 1.19 bits per heavy atom. The molecule has 192 valence electrons. The summed E-state index contributed by atoms with van der Waals surface area (Å²) in [7, 11) is 6.49. The number of nitrogens with zero attached hydrogens (tertiary/aromatic N) is 3. The molecule has 0 saturated carbocycles.